The standard InChI is InChI=1S/C12H20S6/c1-5-9-13-10(6-2)16-11(7-3,14-9)18-12(8-4,15-9)17-10/h5-8H2,1-4H3. The van der Waals surface area contributed by atoms with Crippen molar-refractivity contribution in [3.8, 4) is 0 Å². The maximum atomic E-state index is 2.39. The Morgan fingerprint density at radius 2 is 0.611 bits per heavy atom. The molecule has 0 unspecified atom stereocenters. The SMILES string of the molecule is CCC12SC3(CC)SC(CC)(S1)SC(CC)(S2)S3. The lowest BCUT2D eigenvalue weighted by Crippen LogP contribution is -2.53. The zero-order valence-electron chi connectivity index (χ0n) is 11.3. The molecule has 0 aromatic rings. The summed E-state index contributed by atoms with van der Waals surface area (Å²) in [5, 5.41) is 0. The highest BCUT2D eigenvalue weighted by atomic mass is 32.4. The van der Waals surface area contributed by atoms with Crippen LogP contribution in [0, 0.1) is 0 Å². The predicted molar refractivity (Wildman–Crippen MR) is 97.6 cm³/mol. The normalized spacial score (nSPS) is 54.0. The highest BCUT2D eigenvalue weighted by Gasteiger charge is 2.70. The molecule has 0 atom stereocenters. The van der Waals surface area contributed by atoms with Crippen molar-refractivity contribution in [3.05, 3.63) is 0 Å². The van der Waals surface area contributed by atoms with Gasteiger partial charge in [0.2, 0.25) is 0 Å². The van der Waals surface area contributed by atoms with Gasteiger partial charge in [0.1, 0.15) is 13.6 Å². The van der Waals surface area contributed by atoms with Gasteiger partial charge >= 0.3 is 0 Å². The van der Waals surface area contributed by atoms with E-state index in [9.17, 15) is 0 Å². The van der Waals surface area contributed by atoms with Gasteiger partial charge in [0, 0.05) is 0 Å². The largest absolute Gasteiger partial charge is 0.113 e. The third-order valence-corrected chi connectivity index (χ3v) is 16.8. The molecular formula is C12H20S6. The average Bonchev–Trinajstić information content (AvgIpc) is 2.37. The molecule has 0 nitrogen and oxygen atoms in total. The minimum atomic E-state index is 0.420. The van der Waals surface area contributed by atoms with Crippen molar-refractivity contribution in [2.24, 2.45) is 0 Å². The second-order valence-corrected chi connectivity index (χ2v) is 17.4. The molecule has 104 valence electrons. The lowest BCUT2D eigenvalue weighted by atomic mass is 10.5. The Kier molecular flexibility index (Phi) is 4.00. The molecule has 4 aliphatic rings. The first-order chi connectivity index (χ1) is 8.49. The van der Waals surface area contributed by atoms with Gasteiger partial charge in [0.05, 0.1) is 0 Å². The zero-order valence-corrected chi connectivity index (χ0v) is 16.2. The molecule has 6 heteroatoms. The minimum absolute atomic E-state index is 0.420. The monoisotopic (exact) mass is 356 g/mol. The fraction of sp³-hybridized carbons (Fsp3) is 1.00. The molecule has 0 aromatic carbocycles. The first-order valence-corrected chi connectivity index (χ1v) is 11.6. The van der Waals surface area contributed by atoms with Crippen LogP contribution in [0.1, 0.15) is 53.4 Å². The summed E-state index contributed by atoms with van der Waals surface area (Å²) in [7, 11) is 0. The van der Waals surface area contributed by atoms with Crippen LogP contribution in [0.15, 0.2) is 0 Å². The molecule has 0 amide bonds. The molecule has 4 saturated heterocycles. The van der Waals surface area contributed by atoms with Gasteiger partial charge in [-0.3, -0.25) is 0 Å². The van der Waals surface area contributed by atoms with Gasteiger partial charge in [0.25, 0.3) is 0 Å². The summed E-state index contributed by atoms with van der Waals surface area (Å²) in [4.78, 5) is 0. The molecule has 4 bridgehead atoms. The Morgan fingerprint density at radius 3 is 0.722 bits per heavy atom. The average molecular weight is 357 g/mol. The minimum Gasteiger partial charge on any atom is -0.104 e. The molecule has 18 heavy (non-hydrogen) atoms. The van der Waals surface area contributed by atoms with E-state index in [1.165, 1.54) is 25.7 Å². The summed E-state index contributed by atoms with van der Waals surface area (Å²) in [5.74, 6) is 0. The van der Waals surface area contributed by atoms with Gasteiger partial charge in [-0.25, -0.2) is 0 Å². The summed E-state index contributed by atoms with van der Waals surface area (Å²) in [6.07, 6.45) is 5.17. The summed E-state index contributed by atoms with van der Waals surface area (Å²) in [5.41, 5.74) is 0. The second-order valence-electron chi connectivity index (χ2n) is 4.76. The number of hydrogen-bond acceptors (Lipinski definition) is 6. The van der Waals surface area contributed by atoms with Crippen molar-refractivity contribution >= 4 is 70.6 Å². The summed E-state index contributed by atoms with van der Waals surface area (Å²) in [6.45, 7) is 9.54. The van der Waals surface area contributed by atoms with Crippen molar-refractivity contribution in [3.63, 3.8) is 0 Å². The van der Waals surface area contributed by atoms with E-state index in [4.69, 9.17) is 0 Å². The van der Waals surface area contributed by atoms with Crippen LogP contribution in [0.3, 0.4) is 0 Å². The van der Waals surface area contributed by atoms with E-state index in [-0.39, 0.29) is 0 Å². The fourth-order valence-electron chi connectivity index (χ4n) is 2.54. The molecule has 4 fully saturated rings. The van der Waals surface area contributed by atoms with Crippen molar-refractivity contribution in [2.75, 3.05) is 0 Å². The molecule has 4 rings (SSSR count). The first kappa shape index (κ1) is 15.0. The van der Waals surface area contributed by atoms with E-state index in [0.717, 1.165) is 0 Å². The van der Waals surface area contributed by atoms with Gasteiger partial charge in [-0.05, 0) is 25.7 Å². The Balaban J connectivity index is 2.06. The van der Waals surface area contributed by atoms with Crippen LogP contribution in [0.4, 0.5) is 0 Å². The Morgan fingerprint density at radius 1 is 0.444 bits per heavy atom. The van der Waals surface area contributed by atoms with E-state index in [1.807, 2.05) is 0 Å². The summed E-state index contributed by atoms with van der Waals surface area (Å²) in [6, 6.07) is 0. The van der Waals surface area contributed by atoms with Crippen LogP contribution >= 0.6 is 70.6 Å². The molecule has 4 aliphatic heterocycles. The van der Waals surface area contributed by atoms with Gasteiger partial charge in [-0.2, -0.15) is 0 Å². The van der Waals surface area contributed by atoms with Crippen molar-refractivity contribution in [2.45, 2.75) is 67.0 Å². The smallest absolute Gasteiger partial charge is 0.104 e. The van der Waals surface area contributed by atoms with Crippen molar-refractivity contribution in [1.29, 1.82) is 0 Å². The van der Waals surface area contributed by atoms with Crippen LogP contribution < -0.4 is 0 Å². The van der Waals surface area contributed by atoms with Gasteiger partial charge in [-0.1, -0.05) is 27.7 Å². The van der Waals surface area contributed by atoms with Gasteiger partial charge in [0.15, 0.2) is 0 Å². The van der Waals surface area contributed by atoms with E-state index in [2.05, 4.69) is 98.3 Å². The van der Waals surface area contributed by atoms with Crippen LogP contribution in [0.25, 0.3) is 0 Å². The molecule has 4 heterocycles. The summed E-state index contributed by atoms with van der Waals surface area (Å²) < 4.78 is 1.68. The quantitative estimate of drug-likeness (QED) is 0.547. The maximum Gasteiger partial charge on any atom is 0.113 e. The van der Waals surface area contributed by atoms with E-state index in [0.29, 0.717) is 13.6 Å². The maximum absolute atomic E-state index is 2.39. The van der Waals surface area contributed by atoms with E-state index in [1.54, 1.807) is 0 Å². The predicted octanol–water partition coefficient (Wildman–Crippen LogP) is 6.68. The van der Waals surface area contributed by atoms with Gasteiger partial charge in [-0.15, -0.1) is 70.6 Å². The number of hydrogen-bond donors (Lipinski definition) is 0. The molecule has 0 saturated carbocycles. The van der Waals surface area contributed by atoms with E-state index < -0.39 is 0 Å². The Labute approximate surface area is 136 Å². The second kappa shape index (κ2) is 4.80. The van der Waals surface area contributed by atoms with Gasteiger partial charge < -0.3 is 0 Å². The fourth-order valence-corrected chi connectivity index (χ4v) is 23.2. The zero-order chi connectivity index (χ0) is 13.1. The highest BCUT2D eigenvalue weighted by molar-refractivity contribution is 8.64. The lowest BCUT2D eigenvalue weighted by Gasteiger charge is -2.67. The number of thioether (sulfide) groups is 6. The molecule has 0 radical (unpaired) electrons. The molecule has 0 spiro atoms. The third kappa shape index (κ3) is 2.11. The molecule has 0 aromatic heterocycles. The molecule has 0 N–H and O–H groups in total. The van der Waals surface area contributed by atoms with Crippen LogP contribution in [0.5, 0.6) is 0 Å². The van der Waals surface area contributed by atoms with Crippen LogP contribution in [0.2, 0.25) is 0 Å². The Hall–Kier alpha value is 2.10. The Bertz CT molecular complexity index is 253. The topological polar surface area (TPSA) is 0 Å². The molecule has 0 aliphatic carbocycles. The van der Waals surface area contributed by atoms with E-state index >= 15 is 0 Å². The van der Waals surface area contributed by atoms with Crippen LogP contribution in [-0.2, 0) is 0 Å². The highest BCUT2D eigenvalue weighted by Crippen LogP contribution is 2.90. The summed E-state index contributed by atoms with van der Waals surface area (Å²) >= 11 is 13.6. The van der Waals surface area contributed by atoms with Crippen molar-refractivity contribution in [1.82, 2.24) is 0 Å². The van der Waals surface area contributed by atoms with Crippen molar-refractivity contribution < 1.29 is 0 Å². The first-order valence-electron chi connectivity index (χ1n) is 6.69. The van der Waals surface area contributed by atoms with Crippen LogP contribution in [-0.4, -0.2) is 13.6 Å². The third-order valence-electron chi connectivity index (χ3n) is 3.60. The lowest BCUT2D eigenvalue weighted by molar-refractivity contribution is 0.866. The number of rotatable bonds is 4. The molecular weight excluding hydrogens is 337 g/mol.